The van der Waals surface area contributed by atoms with Gasteiger partial charge in [0.1, 0.15) is 11.9 Å². The number of carbonyl (C=O) groups is 2. The first-order chi connectivity index (χ1) is 16.5. The minimum absolute atomic E-state index is 0.0199. The number of anilines is 1. The molecule has 174 valence electrons. The topological polar surface area (TPSA) is 68.7 Å². The number of Topliss-reactive ketones (excluding diaryl/α,β-unsaturated/α-hetero) is 1. The number of hydrogen-bond acceptors (Lipinski definition) is 6. The van der Waals surface area contributed by atoms with Gasteiger partial charge in [0.15, 0.2) is 16.7 Å². The number of benzene rings is 2. The van der Waals surface area contributed by atoms with Crippen LogP contribution in [0.3, 0.4) is 0 Å². The number of carbonyl (C=O) groups excluding carboxylic acids is 2. The summed E-state index contributed by atoms with van der Waals surface area (Å²) >= 11 is 7.72. The van der Waals surface area contributed by atoms with Crippen LogP contribution in [0, 0.1) is 5.92 Å². The number of aromatic nitrogens is 1. The second-order valence-corrected chi connectivity index (χ2v) is 10.3. The molecule has 3 aromatic rings. The van der Waals surface area contributed by atoms with Crippen molar-refractivity contribution in [3.8, 4) is 5.75 Å². The van der Waals surface area contributed by atoms with Crippen LogP contribution < -0.4 is 9.64 Å². The van der Waals surface area contributed by atoms with Crippen molar-refractivity contribution in [2.45, 2.75) is 44.8 Å². The van der Waals surface area contributed by atoms with Crippen LogP contribution in [0.1, 0.15) is 44.2 Å². The zero-order chi connectivity index (χ0) is 23.4. The second-order valence-electron chi connectivity index (χ2n) is 8.85. The minimum Gasteiger partial charge on any atom is -0.494 e. The molecule has 1 aliphatic carbocycles. The lowest BCUT2D eigenvalue weighted by molar-refractivity contribution is -0.131. The predicted molar refractivity (Wildman–Crippen MR) is 131 cm³/mol. The van der Waals surface area contributed by atoms with E-state index in [0.29, 0.717) is 22.3 Å². The normalized spacial score (nSPS) is 24.3. The summed E-state index contributed by atoms with van der Waals surface area (Å²) in [4.78, 5) is 33.9. The molecular formula is C26H23ClN2O4S. The lowest BCUT2D eigenvalue weighted by Crippen LogP contribution is -2.39. The monoisotopic (exact) mass is 494 g/mol. The van der Waals surface area contributed by atoms with Gasteiger partial charge in [-0.2, -0.15) is 0 Å². The molecule has 1 saturated carbocycles. The second kappa shape index (κ2) is 8.40. The third kappa shape index (κ3) is 3.41. The molecule has 0 radical (unpaired) electrons. The zero-order valence-corrected chi connectivity index (χ0v) is 20.2. The first-order valence-corrected chi connectivity index (χ1v) is 12.8. The highest BCUT2D eigenvalue weighted by atomic mass is 35.5. The summed E-state index contributed by atoms with van der Waals surface area (Å²) in [5.41, 5.74) is 1.97. The van der Waals surface area contributed by atoms with Crippen LogP contribution in [-0.4, -0.2) is 29.4 Å². The molecular weight excluding hydrogens is 472 g/mol. The molecule has 3 unspecified atom stereocenters. The molecule has 3 atom stereocenters. The maximum absolute atomic E-state index is 13.8. The van der Waals surface area contributed by atoms with Gasteiger partial charge in [-0.25, -0.2) is 4.98 Å². The highest BCUT2D eigenvalue weighted by Gasteiger charge is 2.53. The maximum atomic E-state index is 13.8. The van der Waals surface area contributed by atoms with E-state index >= 15 is 0 Å². The van der Waals surface area contributed by atoms with Crippen LogP contribution in [0.5, 0.6) is 5.75 Å². The fourth-order valence-electron chi connectivity index (χ4n) is 5.29. The summed E-state index contributed by atoms with van der Waals surface area (Å²) in [6.45, 7) is 2.50. The fraction of sp³-hybridized carbons (Fsp3) is 0.346. The van der Waals surface area contributed by atoms with Crippen molar-refractivity contribution in [2.24, 2.45) is 5.92 Å². The molecule has 0 bridgehead atoms. The highest BCUT2D eigenvalue weighted by Crippen LogP contribution is 2.49. The van der Waals surface area contributed by atoms with Crippen LogP contribution in [0.2, 0.25) is 5.02 Å². The molecule has 2 aromatic carbocycles. The van der Waals surface area contributed by atoms with Crippen LogP contribution in [0.15, 0.2) is 53.8 Å². The lowest BCUT2D eigenvalue weighted by atomic mass is 9.77. The predicted octanol–water partition coefficient (Wildman–Crippen LogP) is 5.85. The summed E-state index contributed by atoms with van der Waals surface area (Å²) in [7, 11) is 0. The largest absolute Gasteiger partial charge is 0.494 e. The molecule has 6 rings (SSSR count). The van der Waals surface area contributed by atoms with Gasteiger partial charge in [0, 0.05) is 5.02 Å². The first-order valence-electron chi connectivity index (χ1n) is 11.6. The van der Waals surface area contributed by atoms with Crippen molar-refractivity contribution < 1.29 is 19.1 Å². The smallest absolute Gasteiger partial charge is 0.296 e. The van der Waals surface area contributed by atoms with E-state index in [1.54, 1.807) is 11.0 Å². The van der Waals surface area contributed by atoms with Crippen molar-refractivity contribution in [1.82, 2.24) is 4.98 Å². The van der Waals surface area contributed by atoms with E-state index in [4.69, 9.17) is 26.1 Å². The summed E-state index contributed by atoms with van der Waals surface area (Å²) in [5.74, 6) is 0.427. The van der Waals surface area contributed by atoms with Crippen molar-refractivity contribution in [3.05, 3.63) is 64.4 Å². The van der Waals surface area contributed by atoms with E-state index in [-0.39, 0.29) is 29.5 Å². The zero-order valence-electron chi connectivity index (χ0n) is 18.6. The Bertz CT molecular complexity index is 1350. The first kappa shape index (κ1) is 21.6. The van der Waals surface area contributed by atoms with Gasteiger partial charge in [0.2, 0.25) is 0 Å². The lowest BCUT2D eigenvalue weighted by Gasteiger charge is -2.35. The molecule has 8 heteroatoms. The quantitative estimate of drug-likeness (QED) is 0.455. The maximum Gasteiger partial charge on any atom is 0.296 e. The Labute approximate surface area is 206 Å². The Morgan fingerprint density at radius 2 is 2.03 bits per heavy atom. The highest BCUT2D eigenvalue weighted by molar-refractivity contribution is 7.22. The van der Waals surface area contributed by atoms with Gasteiger partial charge in [0.05, 0.1) is 34.4 Å². The molecule has 2 aliphatic heterocycles. The van der Waals surface area contributed by atoms with Crippen molar-refractivity contribution in [2.75, 3.05) is 11.5 Å². The Morgan fingerprint density at radius 3 is 2.85 bits per heavy atom. The molecule has 0 spiro atoms. The summed E-state index contributed by atoms with van der Waals surface area (Å²) in [6.07, 6.45) is 3.36. The SMILES string of the molecule is CCOc1ccc2nc(N3C(=O)C4=C(C(=O)C5CCCCC5O4)C3c3cccc(Cl)c3)sc2c1. The van der Waals surface area contributed by atoms with Crippen molar-refractivity contribution >= 4 is 50.0 Å². The average molecular weight is 495 g/mol. The Hall–Kier alpha value is -2.90. The molecule has 3 aliphatic rings. The van der Waals surface area contributed by atoms with E-state index in [1.807, 2.05) is 43.3 Å². The van der Waals surface area contributed by atoms with Gasteiger partial charge >= 0.3 is 0 Å². The van der Waals surface area contributed by atoms with E-state index in [9.17, 15) is 9.59 Å². The number of ether oxygens (including phenoxy) is 2. The van der Waals surface area contributed by atoms with E-state index in [2.05, 4.69) is 0 Å². The van der Waals surface area contributed by atoms with E-state index in [0.717, 1.165) is 47.2 Å². The van der Waals surface area contributed by atoms with Gasteiger partial charge in [0.25, 0.3) is 5.91 Å². The minimum atomic E-state index is -0.622. The number of rotatable bonds is 4. The van der Waals surface area contributed by atoms with Gasteiger partial charge in [-0.1, -0.05) is 41.5 Å². The number of ketones is 1. The van der Waals surface area contributed by atoms with Crippen molar-refractivity contribution in [3.63, 3.8) is 0 Å². The number of nitrogens with zero attached hydrogens (tertiary/aromatic N) is 2. The molecule has 0 saturated heterocycles. The van der Waals surface area contributed by atoms with Gasteiger partial charge in [-0.15, -0.1) is 0 Å². The van der Waals surface area contributed by atoms with E-state index < -0.39 is 6.04 Å². The molecule has 0 N–H and O–H groups in total. The van der Waals surface area contributed by atoms with Crippen LogP contribution >= 0.6 is 22.9 Å². The summed E-state index contributed by atoms with van der Waals surface area (Å²) in [6, 6.07) is 12.4. The molecule has 3 heterocycles. The van der Waals surface area contributed by atoms with Gasteiger partial charge < -0.3 is 9.47 Å². The Kier molecular flexibility index (Phi) is 5.34. The van der Waals surface area contributed by atoms with Crippen molar-refractivity contribution in [1.29, 1.82) is 0 Å². The van der Waals surface area contributed by atoms with Crippen LogP contribution in [0.25, 0.3) is 10.2 Å². The Morgan fingerprint density at radius 1 is 1.18 bits per heavy atom. The van der Waals surface area contributed by atoms with Crippen LogP contribution in [-0.2, 0) is 14.3 Å². The summed E-state index contributed by atoms with van der Waals surface area (Å²) in [5, 5.41) is 1.07. The number of hydrogen-bond donors (Lipinski definition) is 0. The number of halogens is 1. The molecule has 1 aromatic heterocycles. The molecule has 1 fully saturated rings. The van der Waals surface area contributed by atoms with E-state index in [1.165, 1.54) is 11.3 Å². The average Bonchev–Trinajstić information content (AvgIpc) is 3.38. The summed E-state index contributed by atoms with van der Waals surface area (Å²) < 4.78 is 12.8. The number of thiazole rings is 1. The number of fused-ring (bicyclic) bond motifs is 2. The van der Waals surface area contributed by atoms with Gasteiger partial charge in [-0.3, -0.25) is 14.5 Å². The molecule has 6 nitrogen and oxygen atoms in total. The Balaban J connectivity index is 1.49. The number of amides is 1. The standard InChI is InChI=1S/C26H23ClN2O4S/c1-2-32-16-10-11-18-20(13-16)34-26(28-18)29-22(14-6-5-7-15(27)12-14)21-23(30)17-8-3-4-9-19(17)33-24(21)25(29)31/h5-7,10-13,17,19,22H,2-4,8-9H2,1H3. The fourth-order valence-corrected chi connectivity index (χ4v) is 6.51. The molecule has 34 heavy (non-hydrogen) atoms. The third-order valence-corrected chi connectivity index (χ3v) is 8.05. The third-order valence-electron chi connectivity index (χ3n) is 6.79. The molecule has 1 amide bonds. The van der Waals surface area contributed by atoms with Crippen LogP contribution in [0.4, 0.5) is 5.13 Å². The van der Waals surface area contributed by atoms with Gasteiger partial charge in [-0.05, 0) is 62.1 Å².